The third kappa shape index (κ3) is 3.75. The Labute approximate surface area is 160 Å². The minimum Gasteiger partial charge on any atom is -0.339 e. The Morgan fingerprint density at radius 2 is 1.89 bits per heavy atom. The van der Waals surface area contributed by atoms with Crippen LogP contribution in [-0.4, -0.2) is 27.5 Å². The summed E-state index contributed by atoms with van der Waals surface area (Å²) in [5.74, 6) is -0.191. The van der Waals surface area contributed by atoms with Crippen molar-refractivity contribution in [2.45, 2.75) is 13.0 Å². The molecular formula is C20H16ClFN4O. The van der Waals surface area contributed by atoms with Gasteiger partial charge in [0.05, 0.1) is 5.02 Å². The lowest BCUT2D eigenvalue weighted by Crippen LogP contribution is -2.36. The second-order valence-corrected chi connectivity index (χ2v) is 6.71. The van der Waals surface area contributed by atoms with Crippen LogP contribution in [0.4, 0.5) is 15.9 Å². The number of rotatable bonds is 3. The van der Waals surface area contributed by atoms with E-state index >= 15 is 0 Å². The SMILES string of the molecule is O=C(c1ccc(Nc2ccc(F)c(Cl)c2)nn1)N1CCc2ccccc2C1. The Kier molecular flexibility index (Phi) is 4.73. The Hall–Kier alpha value is -2.99. The van der Waals surface area contributed by atoms with E-state index in [-0.39, 0.29) is 16.6 Å². The van der Waals surface area contributed by atoms with Crippen molar-refractivity contribution < 1.29 is 9.18 Å². The number of nitrogens with zero attached hydrogens (tertiary/aromatic N) is 3. The van der Waals surface area contributed by atoms with Crippen LogP contribution in [0.5, 0.6) is 0 Å². The van der Waals surface area contributed by atoms with Crippen LogP contribution in [0.3, 0.4) is 0 Å². The standard InChI is InChI=1S/C20H16ClFN4O/c21-16-11-15(5-6-17(16)22)23-19-8-7-18(24-25-19)20(27)26-10-9-13-3-1-2-4-14(13)12-26/h1-8,11H,9-10,12H2,(H,23,25). The van der Waals surface area contributed by atoms with Crippen molar-refractivity contribution in [1.29, 1.82) is 0 Å². The molecular weight excluding hydrogens is 367 g/mol. The number of halogens is 2. The van der Waals surface area contributed by atoms with Gasteiger partial charge in [-0.1, -0.05) is 35.9 Å². The van der Waals surface area contributed by atoms with E-state index in [1.807, 2.05) is 18.2 Å². The smallest absolute Gasteiger partial charge is 0.274 e. The van der Waals surface area contributed by atoms with Gasteiger partial charge < -0.3 is 10.2 Å². The lowest BCUT2D eigenvalue weighted by atomic mass is 10.00. The van der Waals surface area contributed by atoms with Crippen LogP contribution in [0.15, 0.2) is 54.6 Å². The molecule has 1 aliphatic rings. The zero-order chi connectivity index (χ0) is 18.8. The molecule has 1 N–H and O–H groups in total. The van der Waals surface area contributed by atoms with Gasteiger partial charge in [0.2, 0.25) is 0 Å². The van der Waals surface area contributed by atoms with E-state index in [0.29, 0.717) is 24.6 Å². The molecule has 136 valence electrons. The summed E-state index contributed by atoms with van der Waals surface area (Å²) in [4.78, 5) is 14.5. The van der Waals surface area contributed by atoms with Gasteiger partial charge in [0.25, 0.3) is 5.91 Å². The van der Waals surface area contributed by atoms with Crippen LogP contribution in [-0.2, 0) is 13.0 Å². The van der Waals surface area contributed by atoms with Crippen molar-refractivity contribution in [3.05, 3.63) is 82.3 Å². The van der Waals surface area contributed by atoms with Crippen molar-refractivity contribution >= 4 is 29.0 Å². The van der Waals surface area contributed by atoms with E-state index in [0.717, 1.165) is 12.0 Å². The van der Waals surface area contributed by atoms with Crippen molar-refractivity contribution in [3.8, 4) is 0 Å². The molecule has 0 spiro atoms. The first kappa shape index (κ1) is 17.4. The van der Waals surface area contributed by atoms with Crippen LogP contribution in [0, 0.1) is 5.82 Å². The fourth-order valence-corrected chi connectivity index (χ4v) is 3.25. The van der Waals surface area contributed by atoms with Crippen molar-refractivity contribution in [2.24, 2.45) is 0 Å². The predicted molar refractivity (Wildman–Crippen MR) is 102 cm³/mol. The van der Waals surface area contributed by atoms with Crippen LogP contribution >= 0.6 is 11.6 Å². The molecule has 1 amide bonds. The number of carbonyl (C=O) groups excluding carboxylic acids is 1. The second-order valence-electron chi connectivity index (χ2n) is 6.30. The number of amides is 1. The number of aromatic nitrogens is 2. The molecule has 3 aromatic rings. The molecule has 2 heterocycles. The Morgan fingerprint density at radius 1 is 1.07 bits per heavy atom. The minimum atomic E-state index is -0.489. The average Bonchev–Trinajstić information content (AvgIpc) is 2.70. The highest BCUT2D eigenvalue weighted by molar-refractivity contribution is 6.31. The van der Waals surface area contributed by atoms with Crippen LogP contribution in [0.25, 0.3) is 0 Å². The third-order valence-electron chi connectivity index (χ3n) is 4.49. The van der Waals surface area contributed by atoms with Crippen molar-refractivity contribution in [1.82, 2.24) is 15.1 Å². The fourth-order valence-electron chi connectivity index (χ4n) is 3.07. The summed E-state index contributed by atoms with van der Waals surface area (Å²) >= 11 is 5.77. The number of hydrogen-bond acceptors (Lipinski definition) is 4. The average molecular weight is 383 g/mol. The number of nitrogens with one attached hydrogen (secondary N) is 1. The van der Waals surface area contributed by atoms with Gasteiger partial charge in [-0.3, -0.25) is 4.79 Å². The van der Waals surface area contributed by atoms with E-state index in [1.165, 1.54) is 17.7 Å². The maximum Gasteiger partial charge on any atom is 0.274 e. The lowest BCUT2D eigenvalue weighted by molar-refractivity contribution is 0.0727. The van der Waals surface area contributed by atoms with E-state index in [1.54, 1.807) is 23.1 Å². The number of hydrogen-bond donors (Lipinski definition) is 1. The molecule has 0 atom stereocenters. The van der Waals surface area contributed by atoms with Gasteiger partial charge in [0, 0.05) is 18.8 Å². The minimum absolute atomic E-state index is 0.0186. The zero-order valence-electron chi connectivity index (χ0n) is 14.3. The molecule has 1 aromatic heterocycles. The van der Waals surface area contributed by atoms with Gasteiger partial charge >= 0.3 is 0 Å². The molecule has 5 nitrogen and oxygen atoms in total. The number of anilines is 2. The first-order valence-electron chi connectivity index (χ1n) is 8.52. The largest absolute Gasteiger partial charge is 0.339 e. The highest BCUT2D eigenvalue weighted by Gasteiger charge is 2.22. The van der Waals surface area contributed by atoms with E-state index in [4.69, 9.17) is 11.6 Å². The molecule has 0 radical (unpaired) electrons. The molecule has 0 saturated heterocycles. The van der Waals surface area contributed by atoms with E-state index in [9.17, 15) is 9.18 Å². The summed E-state index contributed by atoms with van der Waals surface area (Å²) in [6, 6.07) is 15.7. The third-order valence-corrected chi connectivity index (χ3v) is 4.78. The highest BCUT2D eigenvalue weighted by Crippen LogP contribution is 2.22. The number of carbonyl (C=O) groups is 1. The topological polar surface area (TPSA) is 58.1 Å². The van der Waals surface area contributed by atoms with Crippen LogP contribution in [0.2, 0.25) is 5.02 Å². The molecule has 0 bridgehead atoms. The van der Waals surface area contributed by atoms with Crippen molar-refractivity contribution in [2.75, 3.05) is 11.9 Å². The first-order chi connectivity index (χ1) is 13.1. The summed E-state index contributed by atoms with van der Waals surface area (Å²) in [6.07, 6.45) is 0.834. The summed E-state index contributed by atoms with van der Waals surface area (Å²) in [5, 5.41) is 11.1. The van der Waals surface area contributed by atoms with Crippen LogP contribution < -0.4 is 5.32 Å². The number of benzene rings is 2. The van der Waals surface area contributed by atoms with E-state index < -0.39 is 5.82 Å². The zero-order valence-corrected chi connectivity index (χ0v) is 15.1. The van der Waals surface area contributed by atoms with E-state index in [2.05, 4.69) is 21.6 Å². The molecule has 27 heavy (non-hydrogen) atoms. The molecule has 0 saturated carbocycles. The van der Waals surface area contributed by atoms with Gasteiger partial charge in [0.1, 0.15) is 5.82 Å². The molecule has 4 rings (SSSR count). The first-order valence-corrected chi connectivity index (χ1v) is 8.90. The maximum absolute atomic E-state index is 13.2. The van der Waals surface area contributed by atoms with Crippen LogP contribution in [0.1, 0.15) is 21.6 Å². The Balaban J connectivity index is 1.46. The normalized spacial score (nSPS) is 13.2. The summed E-state index contributed by atoms with van der Waals surface area (Å²) in [5.41, 5.74) is 3.32. The highest BCUT2D eigenvalue weighted by atomic mass is 35.5. The monoisotopic (exact) mass is 382 g/mol. The van der Waals surface area contributed by atoms with Gasteiger partial charge in [-0.2, -0.15) is 0 Å². The Morgan fingerprint density at radius 3 is 2.63 bits per heavy atom. The van der Waals surface area contributed by atoms with Gasteiger partial charge in [-0.25, -0.2) is 4.39 Å². The summed E-state index contributed by atoms with van der Waals surface area (Å²) in [7, 11) is 0. The molecule has 0 unspecified atom stereocenters. The predicted octanol–water partition coefficient (Wildman–Crippen LogP) is 4.21. The molecule has 0 fully saturated rings. The molecule has 0 aliphatic carbocycles. The second kappa shape index (κ2) is 7.32. The van der Waals surface area contributed by atoms with Gasteiger partial charge in [-0.05, 0) is 47.9 Å². The number of fused-ring (bicyclic) bond motifs is 1. The fraction of sp³-hybridized carbons (Fsp3) is 0.150. The Bertz CT molecular complexity index is 994. The van der Waals surface area contributed by atoms with Gasteiger partial charge in [0.15, 0.2) is 11.5 Å². The summed E-state index contributed by atoms with van der Waals surface area (Å²) < 4.78 is 13.2. The lowest BCUT2D eigenvalue weighted by Gasteiger charge is -2.28. The van der Waals surface area contributed by atoms with Gasteiger partial charge in [-0.15, -0.1) is 10.2 Å². The molecule has 7 heteroatoms. The quantitative estimate of drug-likeness (QED) is 0.737. The molecule has 1 aliphatic heterocycles. The maximum atomic E-state index is 13.2. The molecule has 2 aromatic carbocycles. The summed E-state index contributed by atoms with van der Waals surface area (Å²) in [6.45, 7) is 1.23. The van der Waals surface area contributed by atoms with Crippen molar-refractivity contribution in [3.63, 3.8) is 0 Å².